The van der Waals surface area contributed by atoms with Gasteiger partial charge < -0.3 is 24.8 Å². The van der Waals surface area contributed by atoms with Crippen LogP contribution in [0.1, 0.15) is 59.3 Å². The highest BCUT2D eigenvalue weighted by molar-refractivity contribution is 7.81. The van der Waals surface area contributed by atoms with Crippen molar-refractivity contribution in [1.29, 1.82) is 0 Å². The monoisotopic (exact) mass is 854 g/mol. The van der Waals surface area contributed by atoms with Gasteiger partial charge in [-0.1, -0.05) is 0 Å². The van der Waals surface area contributed by atoms with Crippen LogP contribution >= 0.6 is 0 Å². The van der Waals surface area contributed by atoms with Gasteiger partial charge in [0.25, 0.3) is 11.8 Å². The molecule has 6 saturated heterocycles. The minimum absolute atomic E-state index is 0.0356. The maximum atomic E-state index is 12.5. The maximum Gasteiger partial charge on any atom is 0.418 e. The molecule has 26 nitrogen and oxygen atoms in total. The fraction of sp³-hybridized carbons (Fsp3) is 0.759. The number of likely N-dealkylation sites (tertiary alicyclic amines) is 1. The van der Waals surface area contributed by atoms with Crippen LogP contribution in [0, 0.1) is 11.8 Å². The molecular formula is C29H46N10O16S2. The summed E-state index contributed by atoms with van der Waals surface area (Å²) in [5, 5.41) is 4.13. The minimum atomic E-state index is -4.88. The Hall–Kier alpha value is -4.61. The number of nitrogens with zero attached hydrogens (tertiary/aromatic N) is 5. The number of carbonyl (C=O) groups is 7. The molecule has 0 spiro atoms. The van der Waals surface area contributed by atoms with Crippen molar-refractivity contribution in [3.63, 3.8) is 0 Å². The van der Waals surface area contributed by atoms with Crippen molar-refractivity contribution >= 4 is 62.6 Å². The lowest BCUT2D eigenvalue weighted by Crippen LogP contribution is -2.55. The third-order valence-electron chi connectivity index (χ3n) is 9.86. The number of fused-ring (bicyclic) bond motifs is 4. The van der Waals surface area contributed by atoms with Crippen LogP contribution < -0.4 is 27.0 Å². The zero-order chi connectivity index (χ0) is 42.0. The van der Waals surface area contributed by atoms with E-state index in [1.54, 1.807) is 20.8 Å². The third-order valence-corrected chi connectivity index (χ3v) is 10.6. The molecule has 320 valence electrons. The smallest absolute Gasteiger partial charge is 0.418 e. The normalized spacial score (nSPS) is 27.1. The topological polar surface area (TPSA) is 332 Å². The Balaban J connectivity index is 0.000000224. The van der Waals surface area contributed by atoms with Crippen LogP contribution in [0.2, 0.25) is 0 Å². The molecular weight excluding hydrogens is 809 g/mol. The quantitative estimate of drug-likeness (QED) is 0.0954. The van der Waals surface area contributed by atoms with E-state index in [4.69, 9.17) is 13.8 Å². The van der Waals surface area contributed by atoms with Crippen molar-refractivity contribution in [2.24, 2.45) is 11.8 Å². The number of nitrogens with one attached hydrogen (secondary N) is 5. The SMILES string of the molecule is CC(C)(C)OC(=O)N1CCC(C(=O)NNC(=O)[C@@H]2CC[C@@H]3CN2C(=O)N3OS(=O)(=O)O)C1.O=C(NNC(=O)[C@@H]1CC[C@@H]2CN1C(=O)N2OS(=O)(=O)O)C1CCNC1. The summed E-state index contributed by atoms with van der Waals surface area (Å²) in [7, 11) is -9.72. The summed E-state index contributed by atoms with van der Waals surface area (Å²) in [5.74, 6) is -2.77. The van der Waals surface area contributed by atoms with E-state index in [9.17, 15) is 50.4 Å². The molecule has 0 aromatic rings. The number of urea groups is 2. The van der Waals surface area contributed by atoms with Crippen molar-refractivity contribution in [2.45, 2.75) is 89.1 Å². The number of hydrogen-bond donors (Lipinski definition) is 7. The number of amides is 9. The van der Waals surface area contributed by atoms with E-state index < -0.39 is 92.4 Å². The van der Waals surface area contributed by atoms with Gasteiger partial charge in [0.1, 0.15) is 17.7 Å². The highest BCUT2D eigenvalue weighted by atomic mass is 32.3. The van der Waals surface area contributed by atoms with Crippen LogP contribution in [0.3, 0.4) is 0 Å². The molecule has 6 fully saturated rings. The maximum absolute atomic E-state index is 12.5. The Labute approximate surface area is 326 Å². The lowest BCUT2D eigenvalue weighted by molar-refractivity contribution is -0.133. The van der Waals surface area contributed by atoms with E-state index in [0.717, 1.165) is 16.3 Å². The molecule has 9 amide bonds. The molecule has 0 radical (unpaired) electrons. The predicted octanol–water partition coefficient (Wildman–Crippen LogP) is -2.86. The molecule has 57 heavy (non-hydrogen) atoms. The van der Waals surface area contributed by atoms with Gasteiger partial charge in [0, 0.05) is 32.7 Å². The van der Waals surface area contributed by atoms with Gasteiger partial charge in [0.05, 0.1) is 23.9 Å². The van der Waals surface area contributed by atoms with E-state index >= 15 is 0 Å². The van der Waals surface area contributed by atoms with Gasteiger partial charge in [-0.25, -0.2) is 14.4 Å². The Morgan fingerprint density at radius 3 is 1.54 bits per heavy atom. The second kappa shape index (κ2) is 17.1. The third kappa shape index (κ3) is 11.1. The van der Waals surface area contributed by atoms with Crippen LogP contribution in [0.4, 0.5) is 14.4 Å². The highest BCUT2D eigenvalue weighted by Crippen LogP contribution is 2.32. The number of hydroxylamine groups is 4. The summed E-state index contributed by atoms with van der Waals surface area (Å²) in [4.78, 5) is 89.5. The molecule has 4 bridgehead atoms. The van der Waals surface area contributed by atoms with Gasteiger partial charge in [0.15, 0.2) is 0 Å². The molecule has 7 N–H and O–H groups in total. The molecule has 6 heterocycles. The van der Waals surface area contributed by atoms with Crippen molar-refractivity contribution in [3.05, 3.63) is 0 Å². The lowest BCUT2D eigenvalue weighted by atomic mass is 10.0. The number of carbonyl (C=O) groups excluding carboxylic acids is 7. The van der Waals surface area contributed by atoms with Crippen LogP contribution in [-0.2, 0) is 53.3 Å². The van der Waals surface area contributed by atoms with Gasteiger partial charge in [-0.3, -0.25) is 50.0 Å². The van der Waals surface area contributed by atoms with Crippen molar-refractivity contribution < 1.29 is 72.8 Å². The summed E-state index contributed by atoms with van der Waals surface area (Å²) < 4.78 is 75.0. The van der Waals surface area contributed by atoms with E-state index in [1.165, 1.54) is 4.90 Å². The zero-order valence-electron chi connectivity index (χ0n) is 31.1. The van der Waals surface area contributed by atoms with Crippen LogP contribution in [-0.4, -0.2) is 162 Å². The standard InChI is InChI=1S/C17H27N5O9S.C12H19N5O7S/c1-17(2,3)30-16(26)20-7-6-10(8-20)13(23)18-19-14(24)12-5-4-11-9-21(12)15(25)22(11)31-32(27,28)29;18-10(7-3-4-13-5-7)14-15-11(19)9-2-1-8-6-16(9)12(20)17(8)24-25(21,22)23/h10-12H,4-9H2,1-3H3,(H,18,23)(H,19,24)(H,27,28,29);7-9,13H,1-6H2,(H,14,18)(H,15,19)(H,21,22,23)/t10?,11-,12+;7?,8-,9+/m11/s1. The average molecular weight is 855 g/mol. The molecule has 0 saturated carbocycles. The Kier molecular flexibility index (Phi) is 13.0. The first kappa shape index (κ1) is 43.5. The number of piperidine rings is 2. The molecule has 6 rings (SSSR count). The minimum Gasteiger partial charge on any atom is -0.444 e. The van der Waals surface area contributed by atoms with Gasteiger partial charge in [-0.2, -0.15) is 27.0 Å². The van der Waals surface area contributed by atoms with Gasteiger partial charge in [0.2, 0.25) is 11.8 Å². The number of hydrazine groups is 2. The predicted molar refractivity (Wildman–Crippen MR) is 186 cm³/mol. The number of ether oxygens (including phenoxy) is 1. The summed E-state index contributed by atoms with van der Waals surface area (Å²) in [6.07, 6.45) is 1.62. The van der Waals surface area contributed by atoms with Crippen molar-refractivity contribution in [3.8, 4) is 0 Å². The second-order valence-electron chi connectivity index (χ2n) is 15.1. The summed E-state index contributed by atoms with van der Waals surface area (Å²) >= 11 is 0. The van der Waals surface area contributed by atoms with Crippen molar-refractivity contribution in [1.82, 2.24) is 51.8 Å². The number of rotatable bonds is 8. The summed E-state index contributed by atoms with van der Waals surface area (Å²) in [5.41, 5.74) is 8.60. The first-order valence-corrected chi connectivity index (χ1v) is 20.7. The zero-order valence-corrected chi connectivity index (χ0v) is 32.7. The molecule has 6 aliphatic heterocycles. The largest absolute Gasteiger partial charge is 0.444 e. The molecule has 0 aromatic heterocycles. The molecule has 0 aromatic carbocycles. The van der Waals surface area contributed by atoms with Crippen molar-refractivity contribution in [2.75, 3.05) is 39.3 Å². The average Bonchev–Trinajstić information content (AvgIpc) is 3.92. The van der Waals surface area contributed by atoms with E-state index in [2.05, 4.69) is 35.6 Å². The molecule has 0 aliphatic carbocycles. The summed E-state index contributed by atoms with van der Waals surface area (Å²) in [6, 6.07) is -4.71. The van der Waals surface area contributed by atoms with Gasteiger partial charge >= 0.3 is 39.0 Å². The molecule has 6 atom stereocenters. The van der Waals surface area contributed by atoms with Gasteiger partial charge in [-0.05, 0) is 65.8 Å². The Morgan fingerprint density at radius 1 is 0.667 bits per heavy atom. The number of hydrogen-bond acceptors (Lipinski definition) is 15. The van der Waals surface area contributed by atoms with Crippen LogP contribution in [0.25, 0.3) is 0 Å². The Morgan fingerprint density at radius 2 is 1.12 bits per heavy atom. The van der Waals surface area contributed by atoms with E-state index in [1.807, 2.05) is 0 Å². The molecule has 6 aliphatic rings. The fourth-order valence-electron chi connectivity index (χ4n) is 7.17. The van der Waals surface area contributed by atoms with E-state index in [-0.39, 0.29) is 50.7 Å². The summed E-state index contributed by atoms with van der Waals surface area (Å²) in [6.45, 7) is 7.13. The Bertz CT molecular complexity index is 1840. The fourth-order valence-corrected chi connectivity index (χ4v) is 7.95. The van der Waals surface area contributed by atoms with Crippen LogP contribution in [0.15, 0.2) is 0 Å². The lowest BCUT2D eigenvalue weighted by Gasteiger charge is -2.29. The first-order chi connectivity index (χ1) is 26.5. The van der Waals surface area contributed by atoms with Gasteiger partial charge in [-0.15, -0.1) is 8.57 Å². The highest BCUT2D eigenvalue weighted by Gasteiger charge is 2.51. The van der Waals surface area contributed by atoms with Crippen LogP contribution in [0.5, 0.6) is 0 Å². The van der Waals surface area contributed by atoms with E-state index in [0.29, 0.717) is 42.5 Å². The molecule has 28 heteroatoms. The second-order valence-corrected chi connectivity index (χ2v) is 17.1. The first-order valence-electron chi connectivity index (χ1n) is 17.9. The molecule has 2 unspecified atom stereocenters.